The quantitative estimate of drug-likeness (QED) is 0.594. The van der Waals surface area contributed by atoms with E-state index in [0.717, 1.165) is 12.1 Å². The summed E-state index contributed by atoms with van der Waals surface area (Å²) in [5.41, 5.74) is 0.729. The van der Waals surface area contributed by atoms with Gasteiger partial charge in [-0.2, -0.15) is 13.2 Å². The molecule has 1 amide bonds. The van der Waals surface area contributed by atoms with Crippen LogP contribution in [0.2, 0.25) is 0 Å². The number of rotatable bonds is 7. The number of halogens is 3. The first-order valence-corrected chi connectivity index (χ1v) is 8.95. The molecule has 0 bridgehead atoms. The summed E-state index contributed by atoms with van der Waals surface area (Å²) in [6.07, 6.45) is -4.40. The summed E-state index contributed by atoms with van der Waals surface area (Å²) in [4.78, 5) is 12.2. The average Bonchev–Trinajstić information content (AvgIpc) is 3.18. The fourth-order valence-electron chi connectivity index (χ4n) is 2.68. The molecule has 0 fully saturated rings. The second-order valence-electron chi connectivity index (χ2n) is 6.49. The highest BCUT2D eigenvalue weighted by molar-refractivity contribution is 5.90. The molecule has 0 saturated carbocycles. The normalized spacial score (nSPS) is 12.4. The summed E-state index contributed by atoms with van der Waals surface area (Å²) < 4.78 is 48.7. The van der Waals surface area contributed by atoms with E-state index in [4.69, 9.17) is 9.15 Å². The lowest BCUT2D eigenvalue weighted by Gasteiger charge is -2.11. The van der Waals surface area contributed by atoms with Gasteiger partial charge in [-0.3, -0.25) is 4.79 Å². The summed E-state index contributed by atoms with van der Waals surface area (Å²) in [5.74, 6) is -0.654. The molecule has 3 rings (SSSR count). The fourth-order valence-corrected chi connectivity index (χ4v) is 2.68. The van der Waals surface area contributed by atoms with E-state index in [9.17, 15) is 18.0 Å². The standard InChI is InChI=1S/C20H19F3N4O3/c1-12(11-29-2)24-17(28)19-27-26-18(30-19)15-5-3-4-6-16(15)25-14-9-7-13(8-10-14)20(21,22)23/h3-10,12,25H,11H2,1-2H3,(H,24,28). The van der Waals surface area contributed by atoms with Crippen molar-refractivity contribution in [2.75, 3.05) is 19.0 Å². The molecule has 1 heterocycles. The van der Waals surface area contributed by atoms with Crippen LogP contribution in [0, 0.1) is 0 Å². The third-order valence-electron chi connectivity index (χ3n) is 4.06. The molecule has 1 unspecified atom stereocenters. The van der Waals surface area contributed by atoms with Crippen molar-refractivity contribution in [1.29, 1.82) is 0 Å². The molecule has 2 aromatic carbocycles. The molecule has 1 aromatic heterocycles. The van der Waals surface area contributed by atoms with E-state index in [1.54, 1.807) is 31.2 Å². The molecular weight excluding hydrogens is 401 g/mol. The van der Waals surface area contributed by atoms with E-state index in [1.807, 2.05) is 0 Å². The van der Waals surface area contributed by atoms with Crippen LogP contribution in [0.3, 0.4) is 0 Å². The Balaban J connectivity index is 1.79. The molecule has 0 spiro atoms. The maximum Gasteiger partial charge on any atom is 0.416 e. The number of ether oxygens (including phenoxy) is 1. The van der Waals surface area contributed by atoms with Gasteiger partial charge in [0.15, 0.2) is 0 Å². The van der Waals surface area contributed by atoms with Crippen molar-refractivity contribution < 1.29 is 27.1 Å². The van der Waals surface area contributed by atoms with E-state index >= 15 is 0 Å². The maximum atomic E-state index is 12.7. The number of benzene rings is 2. The molecule has 30 heavy (non-hydrogen) atoms. The Kier molecular flexibility index (Phi) is 6.36. The lowest BCUT2D eigenvalue weighted by Crippen LogP contribution is -2.35. The lowest BCUT2D eigenvalue weighted by atomic mass is 10.1. The predicted octanol–water partition coefficient (Wildman–Crippen LogP) is 4.26. The largest absolute Gasteiger partial charge is 0.416 e. The third kappa shape index (κ3) is 5.15. The van der Waals surface area contributed by atoms with Gasteiger partial charge in [-0.05, 0) is 43.3 Å². The van der Waals surface area contributed by atoms with Gasteiger partial charge in [-0.25, -0.2) is 0 Å². The van der Waals surface area contributed by atoms with Gasteiger partial charge < -0.3 is 19.8 Å². The second kappa shape index (κ2) is 8.95. The summed E-state index contributed by atoms with van der Waals surface area (Å²) in [7, 11) is 1.52. The Morgan fingerprint density at radius 1 is 1.13 bits per heavy atom. The van der Waals surface area contributed by atoms with Crippen LogP contribution in [-0.4, -0.2) is 35.9 Å². The zero-order valence-corrected chi connectivity index (χ0v) is 16.2. The van der Waals surface area contributed by atoms with Crippen LogP contribution in [0.25, 0.3) is 11.5 Å². The van der Waals surface area contributed by atoms with E-state index in [0.29, 0.717) is 23.5 Å². The van der Waals surface area contributed by atoms with Crippen molar-refractivity contribution in [2.24, 2.45) is 0 Å². The first kappa shape index (κ1) is 21.3. The molecule has 7 nitrogen and oxygen atoms in total. The number of aromatic nitrogens is 2. The number of amides is 1. The number of methoxy groups -OCH3 is 1. The van der Waals surface area contributed by atoms with Gasteiger partial charge in [-0.15, -0.1) is 10.2 Å². The highest BCUT2D eigenvalue weighted by Crippen LogP contribution is 2.32. The number of alkyl halides is 3. The minimum absolute atomic E-state index is 0.0922. The van der Waals surface area contributed by atoms with Gasteiger partial charge in [-0.1, -0.05) is 12.1 Å². The average molecular weight is 420 g/mol. The van der Waals surface area contributed by atoms with Crippen molar-refractivity contribution in [2.45, 2.75) is 19.1 Å². The first-order valence-electron chi connectivity index (χ1n) is 8.95. The molecule has 0 aliphatic rings. The molecule has 0 aliphatic carbocycles. The van der Waals surface area contributed by atoms with E-state index < -0.39 is 17.6 Å². The topological polar surface area (TPSA) is 89.3 Å². The van der Waals surface area contributed by atoms with Crippen molar-refractivity contribution in [3.05, 3.63) is 60.0 Å². The Labute approximate surface area is 170 Å². The summed E-state index contributed by atoms with van der Waals surface area (Å²) in [6.45, 7) is 2.09. The number of para-hydroxylation sites is 1. The van der Waals surface area contributed by atoms with Gasteiger partial charge in [0.05, 0.1) is 23.4 Å². The Bertz CT molecular complexity index is 1000. The van der Waals surface area contributed by atoms with Crippen LogP contribution in [0.15, 0.2) is 52.9 Å². The number of nitrogens with zero attached hydrogens (tertiary/aromatic N) is 2. The number of carbonyl (C=O) groups is 1. The molecule has 0 aliphatic heterocycles. The third-order valence-corrected chi connectivity index (χ3v) is 4.06. The molecular formula is C20H19F3N4O3. The van der Waals surface area contributed by atoms with E-state index in [1.165, 1.54) is 19.2 Å². The van der Waals surface area contributed by atoms with Gasteiger partial charge in [0.2, 0.25) is 5.89 Å². The summed E-state index contributed by atoms with van der Waals surface area (Å²) in [5, 5.41) is 13.4. The van der Waals surface area contributed by atoms with Gasteiger partial charge >= 0.3 is 18.0 Å². The van der Waals surface area contributed by atoms with Crippen LogP contribution in [0.5, 0.6) is 0 Å². The lowest BCUT2D eigenvalue weighted by molar-refractivity contribution is -0.137. The minimum Gasteiger partial charge on any atom is -0.412 e. The summed E-state index contributed by atoms with van der Waals surface area (Å²) in [6, 6.07) is 11.2. The number of nitrogens with one attached hydrogen (secondary N) is 2. The zero-order chi connectivity index (χ0) is 21.7. The summed E-state index contributed by atoms with van der Waals surface area (Å²) >= 11 is 0. The maximum absolute atomic E-state index is 12.7. The molecule has 3 aromatic rings. The molecule has 0 radical (unpaired) electrons. The van der Waals surface area contributed by atoms with Gasteiger partial charge in [0.25, 0.3) is 0 Å². The van der Waals surface area contributed by atoms with Crippen LogP contribution < -0.4 is 10.6 Å². The minimum atomic E-state index is -4.40. The molecule has 10 heteroatoms. The van der Waals surface area contributed by atoms with Crippen molar-refractivity contribution in [3.8, 4) is 11.5 Å². The molecule has 158 valence electrons. The molecule has 2 N–H and O–H groups in total. The molecule has 1 atom stereocenters. The van der Waals surface area contributed by atoms with Crippen molar-refractivity contribution >= 4 is 17.3 Å². The smallest absolute Gasteiger partial charge is 0.412 e. The van der Waals surface area contributed by atoms with Gasteiger partial charge in [0.1, 0.15) is 0 Å². The molecule has 0 saturated heterocycles. The second-order valence-corrected chi connectivity index (χ2v) is 6.49. The van der Waals surface area contributed by atoms with Crippen LogP contribution in [0.1, 0.15) is 23.2 Å². The SMILES string of the molecule is COCC(C)NC(=O)c1nnc(-c2ccccc2Nc2ccc(C(F)(F)F)cc2)o1. The highest BCUT2D eigenvalue weighted by Gasteiger charge is 2.30. The van der Waals surface area contributed by atoms with E-state index in [-0.39, 0.29) is 17.8 Å². The van der Waals surface area contributed by atoms with Crippen LogP contribution in [-0.2, 0) is 10.9 Å². The predicted molar refractivity (Wildman–Crippen MR) is 103 cm³/mol. The first-order chi connectivity index (χ1) is 14.3. The Hall–Kier alpha value is -3.40. The Morgan fingerprint density at radius 2 is 1.83 bits per heavy atom. The van der Waals surface area contributed by atoms with Crippen molar-refractivity contribution in [1.82, 2.24) is 15.5 Å². The van der Waals surface area contributed by atoms with Crippen molar-refractivity contribution in [3.63, 3.8) is 0 Å². The number of carbonyl (C=O) groups excluding carboxylic acids is 1. The van der Waals surface area contributed by atoms with E-state index in [2.05, 4.69) is 20.8 Å². The zero-order valence-electron chi connectivity index (χ0n) is 16.2. The monoisotopic (exact) mass is 420 g/mol. The number of hydrogen-bond acceptors (Lipinski definition) is 6. The van der Waals surface area contributed by atoms with Crippen LogP contribution in [0.4, 0.5) is 24.5 Å². The van der Waals surface area contributed by atoms with Gasteiger partial charge in [0, 0.05) is 18.8 Å². The Morgan fingerprint density at radius 3 is 2.50 bits per heavy atom. The van der Waals surface area contributed by atoms with Crippen LogP contribution >= 0.6 is 0 Å². The number of hydrogen-bond donors (Lipinski definition) is 2. The number of anilines is 2. The fraction of sp³-hybridized carbons (Fsp3) is 0.250. The highest BCUT2D eigenvalue weighted by atomic mass is 19.4.